The van der Waals surface area contributed by atoms with E-state index in [0.29, 0.717) is 44.5 Å². The molecule has 9 heteroatoms. The number of nitrogens with one attached hydrogen (secondary N) is 2. The Labute approximate surface area is 243 Å². The van der Waals surface area contributed by atoms with E-state index in [9.17, 15) is 14.4 Å². The summed E-state index contributed by atoms with van der Waals surface area (Å²) in [6.07, 6.45) is 12.3. The number of aromatic nitrogens is 1. The maximum atomic E-state index is 13.6. The molecule has 9 nitrogen and oxygen atoms in total. The summed E-state index contributed by atoms with van der Waals surface area (Å²) in [5.41, 5.74) is 5.66. The highest BCUT2D eigenvalue weighted by molar-refractivity contribution is 5.95. The zero-order chi connectivity index (χ0) is 28.6. The molecule has 1 aromatic carbocycles. The molecule has 0 saturated heterocycles. The van der Waals surface area contributed by atoms with Crippen molar-refractivity contribution < 1.29 is 19.1 Å². The van der Waals surface area contributed by atoms with Gasteiger partial charge in [-0.05, 0) is 54.9 Å². The van der Waals surface area contributed by atoms with Crippen LogP contribution in [0.1, 0.15) is 53.5 Å². The lowest BCUT2D eigenvalue weighted by molar-refractivity contribution is -0.126. The van der Waals surface area contributed by atoms with E-state index in [1.807, 2.05) is 36.4 Å². The van der Waals surface area contributed by atoms with Gasteiger partial charge in [0.05, 0.1) is 17.1 Å². The van der Waals surface area contributed by atoms with Crippen LogP contribution in [0.2, 0.25) is 0 Å². The molecule has 1 fully saturated rings. The fraction of sp³-hybridized carbons (Fsp3) is 0.333. The van der Waals surface area contributed by atoms with Crippen LogP contribution in [0.3, 0.4) is 0 Å². The molecule has 1 spiro atoms. The van der Waals surface area contributed by atoms with Gasteiger partial charge in [-0.2, -0.15) is 0 Å². The number of rotatable bonds is 2. The number of dihydropyridines is 1. The number of carbonyl (C=O) groups excluding carboxylic acids is 3. The average Bonchev–Trinajstić information content (AvgIpc) is 3.46. The number of para-hydroxylation sites is 1. The third-order valence-corrected chi connectivity index (χ3v) is 9.76. The maximum Gasteiger partial charge on any atom is 0.415 e. The van der Waals surface area contributed by atoms with Crippen molar-refractivity contribution in [1.82, 2.24) is 20.5 Å². The molecule has 1 aromatic heterocycles. The molecular formula is C33H31N5O4. The molecule has 42 heavy (non-hydrogen) atoms. The van der Waals surface area contributed by atoms with Gasteiger partial charge in [-0.3, -0.25) is 14.5 Å². The molecule has 5 heterocycles. The summed E-state index contributed by atoms with van der Waals surface area (Å²) in [6, 6.07) is 11.3. The largest absolute Gasteiger partial charge is 0.444 e. The summed E-state index contributed by atoms with van der Waals surface area (Å²) in [7, 11) is 0. The third kappa shape index (κ3) is 3.62. The summed E-state index contributed by atoms with van der Waals surface area (Å²) in [5, 5.41) is 6.39. The van der Waals surface area contributed by atoms with Crippen LogP contribution in [-0.2, 0) is 22.6 Å². The van der Waals surface area contributed by atoms with Crippen molar-refractivity contribution >= 4 is 29.7 Å². The van der Waals surface area contributed by atoms with Gasteiger partial charge < -0.3 is 20.3 Å². The van der Waals surface area contributed by atoms with Crippen molar-refractivity contribution in [3.63, 3.8) is 0 Å². The van der Waals surface area contributed by atoms with Crippen LogP contribution in [0.15, 0.2) is 77.8 Å². The third-order valence-electron chi connectivity index (χ3n) is 9.76. The van der Waals surface area contributed by atoms with Crippen LogP contribution in [0.4, 0.5) is 10.5 Å². The van der Waals surface area contributed by atoms with Crippen LogP contribution < -0.4 is 15.5 Å². The number of cyclic esters (lactones) is 1. The number of hydrogen-bond donors (Lipinski definition) is 2. The van der Waals surface area contributed by atoms with E-state index in [0.717, 1.165) is 33.9 Å². The highest BCUT2D eigenvalue weighted by atomic mass is 16.6. The SMILES string of the molecule is CC12Cc3nc(C(=O)N4C=CC(N5C(=O)OCc6ccccc65)CC4)ccc3C=C1C[C@@]1(C2)C(=O)NC2=C1C=CCN2. The molecule has 4 aliphatic heterocycles. The van der Waals surface area contributed by atoms with E-state index < -0.39 is 5.41 Å². The Morgan fingerprint density at radius 3 is 2.88 bits per heavy atom. The molecule has 8 rings (SSSR count). The number of hydrogen-bond acceptors (Lipinski definition) is 6. The number of benzene rings is 1. The molecule has 2 aliphatic carbocycles. The first-order valence-corrected chi connectivity index (χ1v) is 14.6. The van der Waals surface area contributed by atoms with Crippen LogP contribution in [-0.4, -0.2) is 46.9 Å². The van der Waals surface area contributed by atoms with Gasteiger partial charge in [0, 0.05) is 36.1 Å². The fourth-order valence-electron chi connectivity index (χ4n) is 7.64. The van der Waals surface area contributed by atoms with Gasteiger partial charge in [0.15, 0.2) is 0 Å². The number of anilines is 1. The molecule has 3 amide bonds. The van der Waals surface area contributed by atoms with E-state index in [2.05, 4.69) is 35.8 Å². The van der Waals surface area contributed by atoms with E-state index in [-0.39, 0.29) is 36.0 Å². The quantitative estimate of drug-likeness (QED) is 0.570. The van der Waals surface area contributed by atoms with Crippen LogP contribution >= 0.6 is 0 Å². The first kappa shape index (κ1) is 25.1. The minimum Gasteiger partial charge on any atom is -0.444 e. The number of carbonyl (C=O) groups is 3. The molecule has 0 radical (unpaired) electrons. The summed E-state index contributed by atoms with van der Waals surface area (Å²) in [4.78, 5) is 47.7. The molecule has 212 valence electrons. The van der Waals surface area contributed by atoms with Gasteiger partial charge in [-0.15, -0.1) is 0 Å². The monoisotopic (exact) mass is 561 g/mol. The number of nitrogens with zero attached hydrogens (tertiary/aromatic N) is 3. The summed E-state index contributed by atoms with van der Waals surface area (Å²) < 4.78 is 5.39. The molecule has 2 aromatic rings. The topological polar surface area (TPSA) is 104 Å². The highest BCUT2D eigenvalue weighted by Gasteiger charge is 2.59. The van der Waals surface area contributed by atoms with Crippen LogP contribution in [0.25, 0.3) is 6.08 Å². The Morgan fingerprint density at radius 2 is 2.02 bits per heavy atom. The lowest BCUT2D eigenvalue weighted by Crippen LogP contribution is -2.46. The molecule has 3 atom stereocenters. The van der Waals surface area contributed by atoms with Gasteiger partial charge in [-0.1, -0.05) is 55.0 Å². The standard InChI is InChI=1S/C33H31N5O4/c1-32-17-26-20(15-22(32)16-33(19-32)24-6-4-12-34-28(24)36-30(33)40)8-9-25(35-26)29(39)37-13-10-23(11-14-37)38-27-7-3-2-5-21(27)18-42-31(38)41/h2-10,13,15,23,34H,11-12,14,16-19H2,1H3,(H,36,40)/t23?,32?,33-/m0/s1. The number of allylic oxidation sites excluding steroid dienone is 2. The van der Waals surface area contributed by atoms with E-state index in [4.69, 9.17) is 9.72 Å². The van der Waals surface area contributed by atoms with E-state index in [1.54, 1.807) is 22.1 Å². The predicted octanol–water partition coefficient (Wildman–Crippen LogP) is 4.19. The maximum absolute atomic E-state index is 13.6. The van der Waals surface area contributed by atoms with Crippen molar-refractivity contribution in [2.45, 2.75) is 45.3 Å². The summed E-state index contributed by atoms with van der Waals surface area (Å²) in [5.74, 6) is 0.736. The molecule has 2 unspecified atom stereocenters. The first-order valence-electron chi connectivity index (χ1n) is 14.6. The molecule has 1 saturated carbocycles. The molecule has 2 N–H and O–H groups in total. The van der Waals surface area contributed by atoms with Crippen molar-refractivity contribution in [3.05, 3.63) is 100 Å². The normalized spacial score (nSPS) is 28.9. The summed E-state index contributed by atoms with van der Waals surface area (Å²) in [6.45, 7) is 3.67. The van der Waals surface area contributed by atoms with Crippen molar-refractivity contribution in [3.8, 4) is 0 Å². The van der Waals surface area contributed by atoms with Gasteiger partial charge in [0.2, 0.25) is 5.91 Å². The molecule has 6 aliphatic rings. The van der Waals surface area contributed by atoms with Gasteiger partial charge >= 0.3 is 6.09 Å². The minimum absolute atomic E-state index is 0.0625. The second-order valence-electron chi connectivity index (χ2n) is 12.4. The van der Waals surface area contributed by atoms with Crippen molar-refractivity contribution in [2.75, 3.05) is 18.0 Å². The Kier molecular flexibility index (Phi) is 5.33. The molecular weight excluding hydrogens is 530 g/mol. The Morgan fingerprint density at radius 1 is 1.14 bits per heavy atom. The number of ether oxygens (including phenoxy) is 1. The van der Waals surface area contributed by atoms with Crippen molar-refractivity contribution in [1.29, 1.82) is 0 Å². The number of fused-ring (bicyclic) bond motifs is 4. The minimum atomic E-state index is -0.572. The number of amides is 3. The lowest BCUT2D eigenvalue weighted by atomic mass is 9.72. The summed E-state index contributed by atoms with van der Waals surface area (Å²) >= 11 is 0. The fourth-order valence-corrected chi connectivity index (χ4v) is 7.64. The zero-order valence-electron chi connectivity index (χ0n) is 23.4. The first-order chi connectivity index (χ1) is 20.3. The zero-order valence-corrected chi connectivity index (χ0v) is 23.4. The Bertz CT molecular complexity index is 1710. The van der Waals surface area contributed by atoms with Crippen molar-refractivity contribution in [2.24, 2.45) is 10.8 Å². The van der Waals surface area contributed by atoms with Gasteiger partial charge in [0.1, 0.15) is 18.1 Å². The molecule has 0 bridgehead atoms. The lowest BCUT2D eigenvalue weighted by Gasteiger charge is -2.37. The average molecular weight is 562 g/mol. The van der Waals surface area contributed by atoms with Crippen LogP contribution in [0, 0.1) is 10.8 Å². The second-order valence-corrected chi connectivity index (χ2v) is 12.4. The number of pyridine rings is 1. The van der Waals surface area contributed by atoms with E-state index >= 15 is 0 Å². The Hall–Kier alpha value is -4.66. The Balaban J connectivity index is 1.02. The smallest absolute Gasteiger partial charge is 0.415 e. The van der Waals surface area contributed by atoms with Crippen LogP contribution in [0.5, 0.6) is 0 Å². The van der Waals surface area contributed by atoms with Gasteiger partial charge in [-0.25, -0.2) is 9.78 Å². The van der Waals surface area contributed by atoms with E-state index in [1.165, 1.54) is 5.57 Å². The highest BCUT2D eigenvalue weighted by Crippen LogP contribution is 2.61. The van der Waals surface area contributed by atoms with Gasteiger partial charge in [0.25, 0.3) is 5.91 Å². The predicted molar refractivity (Wildman–Crippen MR) is 156 cm³/mol. The second kappa shape index (κ2) is 8.92.